The summed E-state index contributed by atoms with van der Waals surface area (Å²) in [6.45, 7) is 0. The van der Waals surface area contributed by atoms with Gasteiger partial charge in [-0.2, -0.15) is 0 Å². The summed E-state index contributed by atoms with van der Waals surface area (Å²) in [6.07, 6.45) is 7.33. The average Bonchev–Trinajstić information content (AvgIpc) is 2.52. The highest BCUT2D eigenvalue weighted by atomic mass is 35.5. The Balaban J connectivity index is 1.90. The van der Waals surface area contributed by atoms with E-state index >= 15 is 0 Å². The van der Waals surface area contributed by atoms with Gasteiger partial charge in [0.05, 0.1) is 0 Å². The molecular formula is C10H15Cl. The molecule has 0 radical (unpaired) electrons. The lowest BCUT2D eigenvalue weighted by Crippen LogP contribution is -2.24. The third-order valence-corrected chi connectivity index (χ3v) is 4.85. The fraction of sp³-hybridized carbons (Fsp3) is 1.00. The molecule has 0 spiro atoms. The predicted molar refractivity (Wildman–Crippen MR) is 46.7 cm³/mol. The van der Waals surface area contributed by atoms with Gasteiger partial charge in [-0.1, -0.05) is 6.42 Å². The molecule has 0 unspecified atom stereocenters. The summed E-state index contributed by atoms with van der Waals surface area (Å²) in [5.74, 6) is 4.12. The van der Waals surface area contributed by atoms with Crippen molar-refractivity contribution in [2.24, 2.45) is 23.7 Å². The summed E-state index contributed by atoms with van der Waals surface area (Å²) < 4.78 is 0. The Kier molecular flexibility index (Phi) is 1.33. The van der Waals surface area contributed by atoms with Gasteiger partial charge in [0.15, 0.2) is 0 Å². The van der Waals surface area contributed by atoms with Crippen LogP contribution in [0.25, 0.3) is 0 Å². The molecule has 0 N–H and O–H groups in total. The van der Waals surface area contributed by atoms with Crippen molar-refractivity contribution in [2.45, 2.75) is 37.5 Å². The molecule has 62 valence electrons. The van der Waals surface area contributed by atoms with E-state index in [1.54, 1.807) is 0 Å². The fourth-order valence-electron chi connectivity index (χ4n) is 3.98. The smallest absolute Gasteiger partial charge is 0.0369 e. The first-order valence-electron chi connectivity index (χ1n) is 5.00. The van der Waals surface area contributed by atoms with Crippen LogP contribution in [0.15, 0.2) is 0 Å². The normalized spacial score (nSPS) is 60.3. The van der Waals surface area contributed by atoms with E-state index in [9.17, 15) is 0 Å². The Morgan fingerprint density at radius 3 is 2.64 bits per heavy atom. The molecule has 11 heavy (non-hydrogen) atoms. The second-order valence-corrected chi connectivity index (χ2v) is 5.23. The molecular weight excluding hydrogens is 156 g/mol. The second kappa shape index (κ2) is 2.16. The topological polar surface area (TPSA) is 0 Å². The van der Waals surface area contributed by atoms with Crippen LogP contribution in [0.1, 0.15) is 32.1 Å². The lowest BCUT2D eigenvalue weighted by Gasteiger charge is -2.27. The molecule has 2 bridgehead atoms. The summed E-state index contributed by atoms with van der Waals surface area (Å²) in [7, 11) is 0. The van der Waals surface area contributed by atoms with Gasteiger partial charge in [-0.25, -0.2) is 0 Å². The van der Waals surface area contributed by atoms with Crippen LogP contribution in [0.4, 0.5) is 0 Å². The zero-order valence-corrected chi connectivity index (χ0v) is 7.56. The van der Waals surface area contributed by atoms with Gasteiger partial charge in [-0.05, 0) is 49.4 Å². The van der Waals surface area contributed by atoms with Crippen LogP contribution in [0.5, 0.6) is 0 Å². The molecule has 1 heteroatoms. The molecule has 3 rings (SSSR count). The molecule has 3 aliphatic carbocycles. The Bertz CT molecular complexity index is 178. The van der Waals surface area contributed by atoms with Crippen LogP contribution in [0, 0.1) is 23.7 Å². The van der Waals surface area contributed by atoms with Crippen LogP contribution in [-0.2, 0) is 0 Å². The van der Waals surface area contributed by atoms with Gasteiger partial charge in [0.2, 0.25) is 0 Å². The molecule has 0 aromatic rings. The van der Waals surface area contributed by atoms with E-state index in [0.29, 0.717) is 5.38 Å². The van der Waals surface area contributed by atoms with Crippen molar-refractivity contribution in [3.8, 4) is 0 Å². The lowest BCUT2D eigenvalue weighted by atomic mass is 9.82. The minimum atomic E-state index is 0.555. The highest BCUT2D eigenvalue weighted by Gasteiger charge is 2.53. The van der Waals surface area contributed by atoms with Crippen LogP contribution < -0.4 is 0 Å². The highest BCUT2D eigenvalue weighted by Crippen LogP contribution is 2.59. The first-order valence-corrected chi connectivity index (χ1v) is 5.44. The number of hydrogen-bond donors (Lipinski definition) is 0. The summed E-state index contributed by atoms with van der Waals surface area (Å²) in [4.78, 5) is 0. The Morgan fingerprint density at radius 1 is 0.909 bits per heavy atom. The SMILES string of the molecule is Cl[C@H]1C[C@H]2C[C@H]1[C@@H]1CCC[C@H]21. The predicted octanol–water partition coefficient (Wildman–Crippen LogP) is 3.05. The third-order valence-electron chi connectivity index (χ3n) is 4.35. The minimum Gasteiger partial charge on any atom is -0.123 e. The van der Waals surface area contributed by atoms with Gasteiger partial charge in [-0.3, -0.25) is 0 Å². The Morgan fingerprint density at radius 2 is 1.73 bits per heavy atom. The minimum absolute atomic E-state index is 0.555. The van der Waals surface area contributed by atoms with Gasteiger partial charge in [0.25, 0.3) is 0 Å². The van der Waals surface area contributed by atoms with E-state index < -0.39 is 0 Å². The Labute approximate surface area is 73.3 Å². The zero-order chi connectivity index (χ0) is 7.42. The molecule has 0 aliphatic heterocycles. The van der Waals surface area contributed by atoms with E-state index in [-0.39, 0.29) is 0 Å². The maximum atomic E-state index is 6.28. The molecule has 3 saturated carbocycles. The third kappa shape index (κ3) is 0.771. The van der Waals surface area contributed by atoms with Crippen molar-refractivity contribution in [2.75, 3.05) is 0 Å². The van der Waals surface area contributed by atoms with Crippen molar-refractivity contribution in [1.82, 2.24) is 0 Å². The molecule has 0 aromatic heterocycles. The summed E-state index contributed by atoms with van der Waals surface area (Å²) in [5.41, 5.74) is 0. The molecule has 0 amide bonds. The van der Waals surface area contributed by atoms with Gasteiger partial charge in [0, 0.05) is 5.38 Å². The molecule has 0 saturated heterocycles. The van der Waals surface area contributed by atoms with Crippen molar-refractivity contribution in [1.29, 1.82) is 0 Å². The molecule has 0 heterocycles. The van der Waals surface area contributed by atoms with Crippen LogP contribution >= 0.6 is 11.6 Å². The quantitative estimate of drug-likeness (QED) is 0.491. The maximum Gasteiger partial charge on any atom is 0.0369 e. The van der Waals surface area contributed by atoms with Crippen molar-refractivity contribution >= 4 is 11.6 Å². The van der Waals surface area contributed by atoms with E-state index in [1.807, 2.05) is 0 Å². The summed E-state index contributed by atoms with van der Waals surface area (Å²) >= 11 is 6.28. The van der Waals surface area contributed by atoms with Gasteiger partial charge in [-0.15, -0.1) is 11.6 Å². The molecule has 0 aromatic carbocycles. The van der Waals surface area contributed by atoms with E-state index in [0.717, 1.165) is 23.7 Å². The average molecular weight is 171 g/mol. The Hall–Kier alpha value is 0.290. The van der Waals surface area contributed by atoms with Gasteiger partial charge in [0.1, 0.15) is 0 Å². The number of hydrogen-bond acceptors (Lipinski definition) is 0. The molecule has 3 fully saturated rings. The van der Waals surface area contributed by atoms with Crippen molar-refractivity contribution in [3.05, 3.63) is 0 Å². The molecule has 5 atom stereocenters. The van der Waals surface area contributed by atoms with Crippen LogP contribution in [0.3, 0.4) is 0 Å². The highest BCUT2D eigenvalue weighted by molar-refractivity contribution is 6.21. The lowest BCUT2D eigenvalue weighted by molar-refractivity contribution is 0.263. The largest absolute Gasteiger partial charge is 0.123 e. The van der Waals surface area contributed by atoms with Crippen LogP contribution in [-0.4, -0.2) is 5.38 Å². The van der Waals surface area contributed by atoms with Crippen molar-refractivity contribution in [3.63, 3.8) is 0 Å². The van der Waals surface area contributed by atoms with Gasteiger partial charge < -0.3 is 0 Å². The first-order chi connectivity index (χ1) is 5.36. The molecule has 3 aliphatic rings. The summed E-state index contributed by atoms with van der Waals surface area (Å²) in [6, 6.07) is 0. The van der Waals surface area contributed by atoms with Gasteiger partial charge >= 0.3 is 0 Å². The van der Waals surface area contributed by atoms with E-state index in [1.165, 1.54) is 32.1 Å². The maximum absolute atomic E-state index is 6.28. The zero-order valence-electron chi connectivity index (χ0n) is 6.80. The monoisotopic (exact) mass is 170 g/mol. The summed E-state index contributed by atoms with van der Waals surface area (Å²) in [5, 5.41) is 0.555. The number of fused-ring (bicyclic) bond motifs is 5. The standard InChI is InChI=1S/C10H15Cl/c11-10-5-6-4-9(10)8-3-1-2-7(6)8/h6-10H,1-5H2/t6-,7-,8-,9+,10+/m1/s1. The van der Waals surface area contributed by atoms with Crippen molar-refractivity contribution < 1.29 is 0 Å². The number of rotatable bonds is 0. The number of alkyl halides is 1. The molecule has 0 nitrogen and oxygen atoms in total. The number of halogens is 1. The second-order valence-electron chi connectivity index (χ2n) is 4.67. The van der Waals surface area contributed by atoms with Crippen LogP contribution in [0.2, 0.25) is 0 Å². The van der Waals surface area contributed by atoms with E-state index in [2.05, 4.69) is 0 Å². The fourth-order valence-corrected chi connectivity index (χ4v) is 4.50. The first kappa shape index (κ1) is 6.77. The van der Waals surface area contributed by atoms with E-state index in [4.69, 9.17) is 11.6 Å².